The summed E-state index contributed by atoms with van der Waals surface area (Å²) in [7, 11) is 2.42. The number of rotatable bonds is 5. The van der Waals surface area contributed by atoms with Gasteiger partial charge in [-0.1, -0.05) is 0 Å². The normalized spacial score (nSPS) is 9.79. The number of carbonyl (C=O) groups is 2. The highest BCUT2D eigenvalue weighted by molar-refractivity contribution is 8.00. The Morgan fingerprint density at radius 1 is 1.32 bits per heavy atom. The molecule has 1 rings (SSSR count). The first kappa shape index (κ1) is 15.0. The minimum absolute atomic E-state index is 0.0467. The Morgan fingerprint density at radius 2 is 2.00 bits per heavy atom. The molecule has 0 saturated carbocycles. The van der Waals surface area contributed by atoms with Crippen LogP contribution in [-0.2, 0) is 14.3 Å². The topological polar surface area (TPSA) is 95.7 Å². The Balaban J connectivity index is 3.01. The molecule has 0 aliphatic heterocycles. The molecule has 0 aromatic heterocycles. The van der Waals surface area contributed by atoms with Crippen LogP contribution >= 0.6 is 11.8 Å². The molecule has 0 heterocycles. The number of carbonyl (C=O) groups excluding carboxylic acids is 2. The van der Waals surface area contributed by atoms with Gasteiger partial charge in [0.15, 0.2) is 0 Å². The van der Waals surface area contributed by atoms with Crippen LogP contribution in [0.1, 0.15) is 10.4 Å². The number of ether oxygens (including phenoxy) is 2. The van der Waals surface area contributed by atoms with E-state index in [0.29, 0.717) is 0 Å². The lowest BCUT2D eigenvalue weighted by Crippen LogP contribution is -2.05. The maximum Gasteiger partial charge on any atom is 0.338 e. The highest BCUT2D eigenvalue weighted by atomic mass is 32.2. The van der Waals surface area contributed by atoms with E-state index in [1.54, 1.807) is 0 Å². The SMILES string of the molecule is COC(=O)CSc1ccc(C(=O)OC)cc1[N+](=O)[O-]. The van der Waals surface area contributed by atoms with E-state index >= 15 is 0 Å². The summed E-state index contributed by atoms with van der Waals surface area (Å²) in [5, 5.41) is 10.9. The maximum atomic E-state index is 11.3. The number of hydrogen-bond donors (Lipinski definition) is 0. The van der Waals surface area contributed by atoms with Gasteiger partial charge in [-0.15, -0.1) is 11.8 Å². The molecule has 19 heavy (non-hydrogen) atoms. The van der Waals surface area contributed by atoms with Crippen molar-refractivity contribution in [3.8, 4) is 0 Å². The van der Waals surface area contributed by atoms with E-state index in [1.807, 2.05) is 0 Å². The van der Waals surface area contributed by atoms with Gasteiger partial charge in [0.1, 0.15) is 0 Å². The molecule has 0 amide bonds. The van der Waals surface area contributed by atoms with Gasteiger partial charge in [-0.3, -0.25) is 14.9 Å². The molecule has 0 spiro atoms. The first-order chi connectivity index (χ1) is 8.99. The zero-order valence-electron chi connectivity index (χ0n) is 10.2. The van der Waals surface area contributed by atoms with E-state index < -0.39 is 16.9 Å². The molecular formula is C11H11NO6S. The molecule has 0 unspecified atom stereocenters. The number of esters is 2. The first-order valence-corrected chi connectivity index (χ1v) is 6.04. The third-order valence-electron chi connectivity index (χ3n) is 2.15. The lowest BCUT2D eigenvalue weighted by molar-refractivity contribution is -0.387. The number of methoxy groups -OCH3 is 2. The van der Waals surface area contributed by atoms with Crippen LogP contribution in [0, 0.1) is 10.1 Å². The summed E-state index contributed by atoms with van der Waals surface area (Å²) >= 11 is 0.968. The van der Waals surface area contributed by atoms with Crippen molar-refractivity contribution in [1.29, 1.82) is 0 Å². The van der Waals surface area contributed by atoms with Gasteiger partial charge in [0.2, 0.25) is 0 Å². The van der Waals surface area contributed by atoms with Crippen LogP contribution < -0.4 is 0 Å². The van der Waals surface area contributed by atoms with Crippen molar-refractivity contribution in [2.45, 2.75) is 4.90 Å². The molecule has 0 saturated heterocycles. The van der Waals surface area contributed by atoms with E-state index in [-0.39, 0.29) is 21.9 Å². The van der Waals surface area contributed by atoms with Crippen molar-refractivity contribution in [3.05, 3.63) is 33.9 Å². The van der Waals surface area contributed by atoms with Gasteiger partial charge in [0.05, 0.1) is 35.4 Å². The van der Waals surface area contributed by atoms with Crippen LogP contribution in [0.4, 0.5) is 5.69 Å². The Bertz CT molecular complexity index is 516. The van der Waals surface area contributed by atoms with Crippen molar-refractivity contribution in [2.24, 2.45) is 0 Å². The van der Waals surface area contributed by atoms with Gasteiger partial charge in [-0.05, 0) is 12.1 Å². The number of nitro groups is 1. The number of thioether (sulfide) groups is 1. The second-order valence-corrected chi connectivity index (χ2v) is 4.31. The molecule has 1 aromatic rings. The molecule has 0 aliphatic carbocycles. The average Bonchev–Trinajstić information content (AvgIpc) is 2.43. The van der Waals surface area contributed by atoms with Gasteiger partial charge in [0, 0.05) is 6.07 Å². The Labute approximate surface area is 113 Å². The predicted octanol–water partition coefficient (Wildman–Crippen LogP) is 1.65. The molecule has 0 atom stereocenters. The van der Waals surface area contributed by atoms with E-state index in [2.05, 4.69) is 9.47 Å². The van der Waals surface area contributed by atoms with Crippen LogP contribution in [0.25, 0.3) is 0 Å². The quantitative estimate of drug-likeness (QED) is 0.351. The molecule has 0 fully saturated rings. The summed E-state index contributed by atoms with van der Waals surface area (Å²) in [5.74, 6) is -1.20. The van der Waals surface area contributed by atoms with E-state index in [4.69, 9.17) is 0 Å². The fourth-order valence-corrected chi connectivity index (χ4v) is 2.06. The van der Waals surface area contributed by atoms with Crippen molar-refractivity contribution >= 4 is 29.4 Å². The van der Waals surface area contributed by atoms with Crippen molar-refractivity contribution in [3.63, 3.8) is 0 Å². The summed E-state index contributed by atoms with van der Waals surface area (Å²) < 4.78 is 8.93. The Hall–Kier alpha value is -2.09. The molecule has 0 N–H and O–H groups in total. The minimum Gasteiger partial charge on any atom is -0.468 e. The molecule has 8 heteroatoms. The second-order valence-electron chi connectivity index (χ2n) is 3.30. The smallest absolute Gasteiger partial charge is 0.338 e. The molecule has 7 nitrogen and oxygen atoms in total. The number of hydrogen-bond acceptors (Lipinski definition) is 7. The lowest BCUT2D eigenvalue weighted by atomic mass is 10.2. The first-order valence-electron chi connectivity index (χ1n) is 5.06. The lowest BCUT2D eigenvalue weighted by Gasteiger charge is -2.04. The van der Waals surface area contributed by atoms with Gasteiger partial charge in [-0.2, -0.15) is 0 Å². The predicted molar refractivity (Wildman–Crippen MR) is 67.2 cm³/mol. The highest BCUT2D eigenvalue weighted by Crippen LogP contribution is 2.30. The number of benzene rings is 1. The van der Waals surface area contributed by atoms with E-state index in [9.17, 15) is 19.7 Å². The number of nitrogens with zero attached hydrogens (tertiary/aromatic N) is 1. The summed E-state index contributed by atoms with van der Waals surface area (Å²) in [5.41, 5.74) is -0.173. The van der Waals surface area contributed by atoms with Crippen LogP contribution in [-0.4, -0.2) is 36.8 Å². The highest BCUT2D eigenvalue weighted by Gasteiger charge is 2.19. The molecule has 0 radical (unpaired) electrons. The van der Waals surface area contributed by atoms with Crippen LogP contribution in [0.15, 0.2) is 23.1 Å². The van der Waals surface area contributed by atoms with E-state index in [1.165, 1.54) is 26.4 Å². The van der Waals surface area contributed by atoms with Crippen LogP contribution in [0.3, 0.4) is 0 Å². The van der Waals surface area contributed by atoms with Gasteiger partial charge < -0.3 is 9.47 Å². The second kappa shape index (κ2) is 6.74. The van der Waals surface area contributed by atoms with Crippen LogP contribution in [0.2, 0.25) is 0 Å². The van der Waals surface area contributed by atoms with Gasteiger partial charge in [-0.25, -0.2) is 4.79 Å². The number of nitro benzene ring substituents is 1. The van der Waals surface area contributed by atoms with Crippen molar-refractivity contribution < 1.29 is 24.0 Å². The zero-order chi connectivity index (χ0) is 14.4. The maximum absolute atomic E-state index is 11.3. The minimum atomic E-state index is -0.660. The van der Waals surface area contributed by atoms with Crippen molar-refractivity contribution in [1.82, 2.24) is 0 Å². The molecular weight excluding hydrogens is 274 g/mol. The largest absolute Gasteiger partial charge is 0.468 e. The van der Waals surface area contributed by atoms with Gasteiger partial charge >= 0.3 is 11.9 Å². The van der Waals surface area contributed by atoms with Gasteiger partial charge in [0.25, 0.3) is 5.69 Å². The fourth-order valence-electron chi connectivity index (χ4n) is 1.22. The summed E-state index contributed by atoms with van der Waals surface area (Å²) in [4.78, 5) is 32.9. The fraction of sp³-hybridized carbons (Fsp3) is 0.273. The molecule has 102 valence electrons. The van der Waals surface area contributed by atoms with Crippen molar-refractivity contribution in [2.75, 3.05) is 20.0 Å². The Morgan fingerprint density at radius 3 is 2.53 bits per heavy atom. The molecule has 1 aromatic carbocycles. The summed E-state index contributed by atoms with van der Waals surface area (Å²) in [6, 6.07) is 3.92. The average molecular weight is 285 g/mol. The molecule has 0 bridgehead atoms. The summed E-state index contributed by atoms with van der Waals surface area (Å²) in [6.07, 6.45) is 0. The molecule has 0 aliphatic rings. The Kier molecular flexibility index (Phi) is 5.31. The third kappa shape index (κ3) is 3.95. The third-order valence-corrected chi connectivity index (χ3v) is 3.19. The monoisotopic (exact) mass is 285 g/mol. The zero-order valence-corrected chi connectivity index (χ0v) is 11.1. The standard InChI is InChI=1S/C11H11NO6S/c1-17-10(13)6-19-9-4-3-7(11(14)18-2)5-8(9)12(15)16/h3-5H,6H2,1-2H3. The van der Waals surface area contributed by atoms with E-state index in [0.717, 1.165) is 17.8 Å². The van der Waals surface area contributed by atoms with Crippen LogP contribution in [0.5, 0.6) is 0 Å². The summed E-state index contributed by atoms with van der Waals surface area (Å²) in [6.45, 7) is 0.